The van der Waals surface area contributed by atoms with Crippen LogP contribution < -0.4 is 4.90 Å². The molecule has 9 nitrogen and oxygen atoms in total. The van der Waals surface area contributed by atoms with Crippen LogP contribution >= 0.6 is 0 Å². The van der Waals surface area contributed by atoms with Crippen LogP contribution in [0.4, 0.5) is 5.69 Å². The maximum Gasteiger partial charge on any atom is 0.248 e. The minimum Gasteiger partial charge on any atom is -0.378 e. The Hall–Kier alpha value is -2.43. The summed E-state index contributed by atoms with van der Waals surface area (Å²) in [7, 11) is -1.86. The fourth-order valence-corrected chi connectivity index (χ4v) is 6.37. The highest BCUT2D eigenvalue weighted by Crippen LogP contribution is 2.28. The molecule has 0 aliphatic carbocycles. The van der Waals surface area contributed by atoms with E-state index < -0.39 is 10.0 Å². The molecule has 1 amide bonds. The number of hydrogen-bond donors (Lipinski definition) is 0. The quantitative estimate of drug-likeness (QED) is 0.631. The Morgan fingerprint density at radius 2 is 1.73 bits per heavy atom. The number of aromatic nitrogens is 1. The lowest BCUT2D eigenvalue weighted by molar-refractivity contribution is -0.135. The summed E-state index contributed by atoms with van der Waals surface area (Å²) < 4.78 is 37.9. The summed E-state index contributed by atoms with van der Waals surface area (Å²) in [5.74, 6) is 0.172. The van der Waals surface area contributed by atoms with Crippen LogP contribution in [0.15, 0.2) is 33.7 Å². The van der Waals surface area contributed by atoms with Crippen LogP contribution in [-0.2, 0) is 26.1 Å². The molecule has 10 heteroatoms. The highest BCUT2D eigenvalue weighted by Gasteiger charge is 2.36. The molecule has 2 aromatic rings. The van der Waals surface area contributed by atoms with Gasteiger partial charge in [-0.25, -0.2) is 8.42 Å². The molecule has 1 aromatic carbocycles. The van der Waals surface area contributed by atoms with Gasteiger partial charge in [-0.1, -0.05) is 17.3 Å². The van der Waals surface area contributed by atoms with Gasteiger partial charge in [-0.15, -0.1) is 0 Å². The Balaban J connectivity index is 1.32. The summed E-state index contributed by atoms with van der Waals surface area (Å²) >= 11 is 0. The standard InChI is InChI=1S/C23H32N4O5S/c1-17-22(18(2)32-24-17)33(29,30)27-10-8-20(9-11-27)23(28)25(3)16-19-4-6-21(7-5-19)26-12-14-31-15-13-26/h4-7,20H,8-16H2,1-3H3. The van der Waals surface area contributed by atoms with Crippen LogP contribution in [0.2, 0.25) is 0 Å². The van der Waals surface area contributed by atoms with Crippen molar-refractivity contribution >= 4 is 21.6 Å². The Morgan fingerprint density at radius 3 is 2.30 bits per heavy atom. The molecule has 0 bridgehead atoms. The SMILES string of the molecule is Cc1noc(C)c1S(=O)(=O)N1CCC(C(=O)N(C)Cc2ccc(N3CCOCC3)cc2)CC1. The third kappa shape index (κ3) is 5.07. The maximum absolute atomic E-state index is 13.0. The van der Waals surface area contributed by atoms with E-state index in [4.69, 9.17) is 9.26 Å². The number of aryl methyl sites for hydroxylation is 2. The van der Waals surface area contributed by atoms with Crippen LogP contribution in [0.5, 0.6) is 0 Å². The molecule has 1 aromatic heterocycles. The number of amides is 1. The number of ether oxygens (including phenoxy) is 1. The van der Waals surface area contributed by atoms with Gasteiger partial charge in [0.05, 0.1) is 13.2 Å². The summed E-state index contributed by atoms with van der Waals surface area (Å²) in [4.78, 5) is 17.2. The van der Waals surface area contributed by atoms with Gasteiger partial charge in [-0.05, 0) is 44.4 Å². The van der Waals surface area contributed by atoms with E-state index in [1.54, 1.807) is 18.7 Å². The zero-order valence-electron chi connectivity index (χ0n) is 19.5. The molecule has 0 saturated carbocycles. The second kappa shape index (κ2) is 9.82. The molecule has 2 saturated heterocycles. The largest absolute Gasteiger partial charge is 0.378 e. The van der Waals surface area contributed by atoms with Crippen molar-refractivity contribution in [1.29, 1.82) is 0 Å². The molecule has 180 valence electrons. The van der Waals surface area contributed by atoms with Crippen molar-refractivity contribution < 1.29 is 22.5 Å². The highest BCUT2D eigenvalue weighted by molar-refractivity contribution is 7.89. The van der Waals surface area contributed by atoms with E-state index in [1.807, 2.05) is 7.05 Å². The van der Waals surface area contributed by atoms with Gasteiger partial charge in [0.25, 0.3) is 0 Å². The number of hydrogen-bond acceptors (Lipinski definition) is 7. The number of nitrogens with zero attached hydrogens (tertiary/aromatic N) is 4. The van der Waals surface area contributed by atoms with Gasteiger partial charge in [-0.3, -0.25) is 4.79 Å². The fourth-order valence-electron chi connectivity index (χ4n) is 4.61. The van der Waals surface area contributed by atoms with Gasteiger partial charge in [0.1, 0.15) is 10.6 Å². The van der Waals surface area contributed by atoms with Crippen molar-refractivity contribution in [1.82, 2.24) is 14.4 Å². The maximum atomic E-state index is 13.0. The minimum atomic E-state index is -3.67. The van der Waals surface area contributed by atoms with Crippen molar-refractivity contribution in [3.8, 4) is 0 Å². The van der Waals surface area contributed by atoms with E-state index in [2.05, 4.69) is 34.3 Å². The van der Waals surface area contributed by atoms with Crippen LogP contribution in [0.1, 0.15) is 29.9 Å². The first-order valence-electron chi connectivity index (χ1n) is 11.4. The molecule has 0 unspecified atom stereocenters. The molecule has 4 rings (SSSR count). The number of morpholine rings is 1. The lowest BCUT2D eigenvalue weighted by Gasteiger charge is -2.32. The third-order valence-electron chi connectivity index (χ3n) is 6.48. The second-order valence-electron chi connectivity index (χ2n) is 8.79. The molecule has 2 aliphatic heterocycles. The first-order chi connectivity index (χ1) is 15.8. The second-order valence-corrected chi connectivity index (χ2v) is 10.7. The number of piperidine rings is 1. The van der Waals surface area contributed by atoms with Gasteiger partial charge < -0.3 is 19.1 Å². The smallest absolute Gasteiger partial charge is 0.248 e. The lowest BCUT2D eigenvalue weighted by atomic mass is 9.96. The van der Waals surface area contributed by atoms with Crippen molar-refractivity contribution in [3.63, 3.8) is 0 Å². The van der Waals surface area contributed by atoms with Gasteiger partial charge in [-0.2, -0.15) is 4.31 Å². The van der Waals surface area contributed by atoms with Crippen molar-refractivity contribution in [2.45, 2.75) is 38.1 Å². The summed E-state index contributed by atoms with van der Waals surface area (Å²) in [6.45, 7) is 7.66. The van der Waals surface area contributed by atoms with E-state index in [1.165, 1.54) is 9.99 Å². The van der Waals surface area contributed by atoms with Gasteiger partial charge in [0, 0.05) is 51.4 Å². The molecular formula is C23H32N4O5S. The number of rotatable bonds is 6. The molecule has 0 radical (unpaired) electrons. The first kappa shape index (κ1) is 23.7. The minimum absolute atomic E-state index is 0.0571. The van der Waals surface area contributed by atoms with E-state index in [0.717, 1.165) is 31.9 Å². The molecule has 2 aliphatic rings. The normalized spacial score (nSPS) is 18.5. The average Bonchev–Trinajstić information content (AvgIpc) is 3.18. The van der Waals surface area contributed by atoms with E-state index >= 15 is 0 Å². The van der Waals surface area contributed by atoms with E-state index in [9.17, 15) is 13.2 Å². The highest BCUT2D eigenvalue weighted by atomic mass is 32.2. The van der Waals surface area contributed by atoms with Crippen molar-refractivity contribution in [2.24, 2.45) is 5.92 Å². The molecule has 3 heterocycles. The molecule has 0 N–H and O–H groups in total. The van der Waals surface area contributed by atoms with Crippen LogP contribution in [0.3, 0.4) is 0 Å². The Labute approximate surface area is 195 Å². The molecule has 33 heavy (non-hydrogen) atoms. The van der Waals surface area contributed by atoms with E-state index in [-0.39, 0.29) is 16.7 Å². The summed E-state index contributed by atoms with van der Waals surface area (Å²) in [6.07, 6.45) is 1.00. The first-order valence-corrected chi connectivity index (χ1v) is 12.8. The number of carbonyl (C=O) groups is 1. The van der Waals surface area contributed by atoms with Gasteiger partial charge in [0.15, 0.2) is 5.76 Å². The Morgan fingerprint density at radius 1 is 1.09 bits per heavy atom. The Kier molecular flexibility index (Phi) is 7.06. The molecule has 2 fully saturated rings. The lowest BCUT2D eigenvalue weighted by Crippen LogP contribution is -2.43. The summed E-state index contributed by atoms with van der Waals surface area (Å²) in [6, 6.07) is 8.31. The van der Waals surface area contributed by atoms with Gasteiger partial charge in [0.2, 0.25) is 15.9 Å². The number of benzene rings is 1. The molecule has 0 spiro atoms. The molecular weight excluding hydrogens is 444 g/mol. The van der Waals surface area contributed by atoms with Crippen molar-refractivity contribution in [2.75, 3.05) is 51.3 Å². The fraction of sp³-hybridized carbons (Fsp3) is 0.565. The zero-order chi connectivity index (χ0) is 23.6. The van der Waals surface area contributed by atoms with Gasteiger partial charge >= 0.3 is 0 Å². The van der Waals surface area contributed by atoms with Crippen molar-refractivity contribution in [3.05, 3.63) is 41.3 Å². The Bertz CT molecular complexity index is 1050. The predicted molar refractivity (Wildman–Crippen MR) is 123 cm³/mol. The predicted octanol–water partition coefficient (Wildman–Crippen LogP) is 2.19. The number of anilines is 1. The topological polar surface area (TPSA) is 96.2 Å². The van der Waals surface area contributed by atoms with E-state index in [0.29, 0.717) is 43.9 Å². The summed E-state index contributed by atoms with van der Waals surface area (Å²) in [5.41, 5.74) is 2.61. The third-order valence-corrected chi connectivity index (χ3v) is 8.62. The number of sulfonamides is 1. The van der Waals surface area contributed by atoms with Crippen LogP contribution in [0.25, 0.3) is 0 Å². The number of carbonyl (C=O) groups excluding carboxylic acids is 1. The average molecular weight is 477 g/mol. The van der Waals surface area contributed by atoms with Crippen LogP contribution in [0, 0.1) is 19.8 Å². The summed E-state index contributed by atoms with van der Waals surface area (Å²) in [5, 5.41) is 3.77. The monoisotopic (exact) mass is 476 g/mol. The van der Waals surface area contributed by atoms with Crippen LogP contribution in [-0.4, -0.2) is 75.1 Å². The zero-order valence-corrected chi connectivity index (χ0v) is 20.3. The molecule has 0 atom stereocenters.